The van der Waals surface area contributed by atoms with E-state index in [1.54, 1.807) is 0 Å². The van der Waals surface area contributed by atoms with Crippen molar-refractivity contribution in [1.29, 1.82) is 0 Å². The Balaban J connectivity index is 2.05. The summed E-state index contributed by atoms with van der Waals surface area (Å²) in [4.78, 5) is 13.2. The minimum absolute atomic E-state index is 0.221. The number of amides is 1. The highest BCUT2D eigenvalue weighted by Gasteiger charge is 2.28. The van der Waals surface area contributed by atoms with E-state index in [-0.39, 0.29) is 12.5 Å². The molecular weight excluding hydrogens is 166 g/mol. The van der Waals surface area contributed by atoms with Crippen LogP contribution in [0.4, 0.5) is 0 Å². The summed E-state index contributed by atoms with van der Waals surface area (Å²) in [6, 6.07) is 0. The van der Waals surface area contributed by atoms with E-state index in [0.29, 0.717) is 12.3 Å². The third-order valence-electron chi connectivity index (χ3n) is 2.56. The Hall–Kier alpha value is -0.570. The molecule has 76 valence electrons. The molecule has 0 aliphatic carbocycles. The largest absolute Gasteiger partial charge is 0.396 e. The van der Waals surface area contributed by atoms with E-state index in [1.165, 1.54) is 0 Å². The Morgan fingerprint density at radius 2 is 2.15 bits per heavy atom. The van der Waals surface area contributed by atoms with E-state index in [9.17, 15) is 4.79 Å². The average Bonchev–Trinajstić information content (AvgIpc) is 2.03. The van der Waals surface area contributed by atoms with Crippen LogP contribution in [0.5, 0.6) is 0 Å². The molecule has 3 nitrogen and oxygen atoms in total. The first kappa shape index (κ1) is 10.5. The van der Waals surface area contributed by atoms with Gasteiger partial charge in [-0.2, -0.15) is 0 Å². The van der Waals surface area contributed by atoms with E-state index >= 15 is 0 Å². The second-order valence-corrected chi connectivity index (χ2v) is 3.80. The lowest BCUT2D eigenvalue weighted by Crippen LogP contribution is -2.51. The van der Waals surface area contributed by atoms with Crippen LogP contribution in [0.3, 0.4) is 0 Å². The molecule has 0 radical (unpaired) electrons. The molecule has 0 spiro atoms. The van der Waals surface area contributed by atoms with E-state index in [0.717, 1.165) is 32.4 Å². The van der Waals surface area contributed by atoms with E-state index in [4.69, 9.17) is 5.11 Å². The lowest BCUT2D eigenvalue weighted by Gasteiger charge is -2.38. The first-order valence-corrected chi connectivity index (χ1v) is 5.16. The van der Waals surface area contributed by atoms with Gasteiger partial charge in [0, 0.05) is 32.0 Å². The predicted molar refractivity (Wildman–Crippen MR) is 51.3 cm³/mol. The SMILES string of the molecule is CCCCCC(=O)N1CC(CO)C1. The first-order chi connectivity index (χ1) is 6.27. The molecule has 0 aromatic carbocycles. The van der Waals surface area contributed by atoms with Gasteiger partial charge in [-0.3, -0.25) is 4.79 Å². The molecule has 1 heterocycles. The number of aliphatic hydroxyl groups excluding tert-OH is 1. The van der Waals surface area contributed by atoms with Crippen LogP contribution in [0.25, 0.3) is 0 Å². The second-order valence-electron chi connectivity index (χ2n) is 3.80. The summed E-state index contributed by atoms with van der Waals surface area (Å²) in [5.74, 6) is 0.605. The van der Waals surface area contributed by atoms with Crippen molar-refractivity contribution >= 4 is 5.91 Å². The van der Waals surface area contributed by atoms with Crippen LogP contribution < -0.4 is 0 Å². The van der Waals surface area contributed by atoms with Crippen LogP contribution >= 0.6 is 0 Å². The van der Waals surface area contributed by atoms with Crippen molar-refractivity contribution in [1.82, 2.24) is 4.90 Å². The molecule has 0 bridgehead atoms. The maximum absolute atomic E-state index is 11.4. The molecule has 0 saturated carbocycles. The van der Waals surface area contributed by atoms with Crippen molar-refractivity contribution in [3.05, 3.63) is 0 Å². The molecular formula is C10H19NO2. The van der Waals surface area contributed by atoms with Crippen molar-refractivity contribution in [2.24, 2.45) is 5.92 Å². The van der Waals surface area contributed by atoms with Crippen LogP contribution in [0.15, 0.2) is 0 Å². The van der Waals surface area contributed by atoms with Gasteiger partial charge in [0.2, 0.25) is 5.91 Å². The highest BCUT2D eigenvalue weighted by molar-refractivity contribution is 5.76. The maximum Gasteiger partial charge on any atom is 0.222 e. The average molecular weight is 185 g/mol. The van der Waals surface area contributed by atoms with Crippen LogP contribution in [-0.4, -0.2) is 35.6 Å². The molecule has 0 unspecified atom stereocenters. The molecule has 1 N–H and O–H groups in total. The highest BCUT2D eigenvalue weighted by Crippen LogP contribution is 2.16. The maximum atomic E-state index is 11.4. The Kier molecular flexibility index (Phi) is 4.22. The zero-order valence-corrected chi connectivity index (χ0v) is 8.33. The molecule has 1 aliphatic rings. The normalized spacial score (nSPS) is 17.2. The summed E-state index contributed by atoms with van der Waals surface area (Å²) in [7, 11) is 0. The zero-order chi connectivity index (χ0) is 9.68. The fourth-order valence-electron chi connectivity index (χ4n) is 1.57. The van der Waals surface area contributed by atoms with Crippen molar-refractivity contribution in [3.8, 4) is 0 Å². The number of hydrogen-bond acceptors (Lipinski definition) is 2. The fourth-order valence-corrected chi connectivity index (χ4v) is 1.57. The molecule has 0 aromatic rings. The lowest BCUT2D eigenvalue weighted by atomic mass is 10.0. The summed E-state index contributed by atoms with van der Waals surface area (Å²) in [6.07, 6.45) is 4.00. The quantitative estimate of drug-likeness (QED) is 0.650. The van der Waals surface area contributed by atoms with Crippen molar-refractivity contribution in [2.45, 2.75) is 32.6 Å². The zero-order valence-electron chi connectivity index (χ0n) is 8.33. The van der Waals surface area contributed by atoms with Gasteiger partial charge in [-0.1, -0.05) is 19.8 Å². The van der Waals surface area contributed by atoms with Gasteiger partial charge in [0.1, 0.15) is 0 Å². The van der Waals surface area contributed by atoms with Gasteiger partial charge in [0.05, 0.1) is 0 Å². The Morgan fingerprint density at radius 3 is 2.69 bits per heavy atom. The first-order valence-electron chi connectivity index (χ1n) is 5.16. The standard InChI is InChI=1S/C10H19NO2/c1-2-3-4-5-10(13)11-6-9(7-11)8-12/h9,12H,2-8H2,1H3. The van der Waals surface area contributed by atoms with Crippen LogP contribution in [-0.2, 0) is 4.79 Å². The highest BCUT2D eigenvalue weighted by atomic mass is 16.3. The molecule has 13 heavy (non-hydrogen) atoms. The van der Waals surface area contributed by atoms with E-state index < -0.39 is 0 Å². The van der Waals surface area contributed by atoms with Gasteiger partial charge in [-0.05, 0) is 6.42 Å². The molecule has 1 aliphatic heterocycles. The number of rotatable bonds is 5. The fraction of sp³-hybridized carbons (Fsp3) is 0.900. The lowest BCUT2D eigenvalue weighted by molar-refractivity contribution is -0.138. The van der Waals surface area contributed by atoms with Crippen molar-refractivity contribution in [3.63, 3.8) is 0 Å². The molecule has 1 rings (SSSR count). The van der Waals surface area contributed by atoms with Gasteiger partial charge >= 0.3 is 0 Å². The summed E-state index contributed by atoms with van der Waals surface area (Å²) in [6.45, 7) is 3.89. The van der Waals surface area contributed by atoms with Gasteiger partial charge < -0.3 is 10.0 Å². The molecule has 1 fully saturated rings. The van der Waals surface area contributed by atoms with Crippen molar-refractivity contribution < 1.29 is 9.90 Å². The molecule has 0 atom stereocenters. The second kappa shape index (κ2) is 5.22. The van der Waals surface area contributed by atoms with Gasteiger partial charge in [0.25, 0.3) is 0 Å². The number of nitrogens with zero attached hydrogens (tertiary/aromatic N) is 1. The van der Waals surface area contributed by atoms with E-state index in [1.807, 2.05) is 4.90 Å². The predicted octanol–water partition coefficient (Wildman–Crippen LogP) is 1.02. The number of carbonyl (C=O) groups excluding carboxylic acids is 1. The van der Waals surface area contributed by atoms with Gasteiger partial charge in [0.15, 0.2) is 0 Å². The Morgan fingerprint density at radius 1 is 1.46 bits per heavy atom. The monoisotopic (exact) mass is 185 g/mol. The third kappa shape index (κ3) is 2.99. The summed E-state index contributed by atoms with van der Waals surface area (Å²) < 4.78 is 0. The molecule has 0 aromatic heterocycles. The smallest absolute Gasteiger partial charge is 0.222 e. The Bertz CT molecular complexity index is 164. The number of carbonyl (C=O) groups is 1. The minimum atomic E-state index is 0.221. The summed E-state index contributed by atoms with van der Waals surface area (Å²) >= 11 is 0. The molecule has 1 saturated heterocycles. The molecule has 3 heteroatoms. The van der Waals surface area contributed by atoms with Gasteiger partial charge in [-0.25, -0.2) is 0 Å². The molecule has 1 amide bonds. The topological polar surface area (TPSA) is 40.5 Å². The van der Waals surface area contributed by atoms with Crippen LogP contribution in [0, 0.1) is 5.92 Å². The minimum Gasteiger partial charge on any atom is -0.396 e. The van der Waals surface area contributed by atoms with E-state index in [2.05, 4.69) is 6.92 Å². The van der Waals surface area contributed by atoms with Crippen LogP contribution in [0.1, 0.15) is 32.6 Å². The van der Waals surface area contributed by atoms with Crippen LogP contribution in [0.2, 0.25) is 0 Å². The van der Waals surface area contributed by atoms with Gasteiger partial charge in [-0.15, -0.1) is 0 Å². The number of likely N-dealkylation sites (tertiary alicyclic amines) is 1. The summed E-state index contributed by atoms with van der Waals surface area (Å²) in [5, 5.41) is 8.76. The summed E-state index contributed by atoms with van der Waals surface area (Å²) in [5.41, 5.74) is 0. The number of unbranched alkanes of at least 4 members (excludes halogenated alkanes) is 2. The van der Waals surface area contributed by atoms with Crippen molar-refractivity contribution in [2.75, 3.05) is 19.7 Å². The third-order valence-corrected chi connectivity index (χ3v) is 2.56. The number of aliphatic hydroxyl groups is 1. The Labute approximate surface area is 79.7 Å². The number of hydrogen-bond donors (Lipinski definition) is 1.